The first-order chi connectivity index (χ1) is 12.4. The highest BCUT2D eigenvalue weighted by Crippen LogP contribution is 2.65. The van der Waals surface area contributed by atoms with Crippen LogP contribution in [0.15, 0.2) is 34.9 Å². The summed E-state index contributed by atoms with van der Waals surface area (Å²) in [6.45, 7) is 5.34. The summed E-state index contributed by atoms with van der Waals surface area (Å²) in [5.41, 5.74) is 4.48. The molecule has 3 heteroatoms. The maximum Gasteiger partial charge on any atom is 0.331 e. The molecule has 0 amide bonds. The average Bonchev–Trinajstić information content (AvgIpc) is 3.18. The number of rotatable bonds is 1. The van der Waals surface area contributed by atoms with E-state index < -0.39 is 0 Å². The minimum atomic E-state index is -0.194. The van der Waals surface area contributed by atoms with Crippen molar-refractivity contribution in [2.24, 2.45) is 28.6 Å². The van der Waals surface area contributed by atoms with E-state index in [2.05, 4.69) is 26.0 Å². The Hall–Kier alpha value is -1.35. The van der Waals surface area contributed by atoms with Crippen molar-refractivity contribution in [3.63, 3.8) is 0 Å². The summed E-state index contributed by atoms with van der Waals surface area (Å²) in [7, 11) is 0. The smallest absolute Gasteiger partial charge is 0.331 e. The average molecular weight is 354 g/mol. The standard InChI is InChI=1S/C23H30O3/c1-22-9-7-16(24)12-15(22)3-4-17-19-6-5-18(14-11-21(25)26-13-14)23(19,2)10-8-20(17)22/h5-6,11,15-17,20,24H,3-4,7-10,12-13H2,1-2H3/t15?,16?,17-,20+,22?,23?/m0/s1. The molecule has 3 nitrogen and oxygen atoms in total. The quantitative estimate of drug-likeness (QED) is 0.713. The molecule has 0 spiro atoms. The minimum absolute atomic E-state index is 0.0794. The van der Waals surface area contributed by atoms with Crippen molar-refractivity contribution in [2.45, 2.75) is 64.9 Å². The summed E-state index contributed by atoms with van der Waals surface area (Å²) >= 11 is 0. The molecule has 0 aromatic rings. The molecule has 3 saturated carbocycles. The van der Waals surface area contributed by atoms with E-state index in [1.165, 1.54) is 37.7 Å². The van der Waals surface area contributed by atoms with Crippen LogP contribution in [-0.4, -0.2) is 23.8 Å². The van der Waals surface area contributed by atoms with Crippen LogP contribution in [0.25, 0.3) is 0 Å². The third kappa shape index (κ3) is 2.19. The maximum absolute atomic E-state index is 11.6. The number of cyclic esters (lactones) is 1. The van der Waals surface area contributed by atoms with Crippen molar-refractivity contribution in [3.8, 4) is 0 Å². The molecule has 1 N–H and O–H groups in total. The van der Waals surface area contributed by atoms with E-state index in [9.17, 15) is 9.90 Å². The SMILES string of the molecule is CC12CC[C@@H]3[C@@H](CCC4CC(O)CCC43C)C1=CC=C2C1=CC(=O)OC1. The summed E-state index contributed by atoms with van der Waals surface area (Å²) in [4.78, 5) is 11.6. The first-order valence-electron chi connectivity index (χ1n) is 10.4. The van der Waals surface area contributed by atoms with Gasteiger partial charge in [-0.2, -0.15) is 0 Å². The third-order valence-electron chi connectivity index (χ3n) is 8.69. The lowest BCUT2D eigenvalue weighted by Crippen LogP contribution is -2.51. The Morgan fingerprint density at radius 1 is 1.12 bits per heavy atom. The van der Waals surface area contributed by atoms with Gasteiger partial charge in [0.05, 0.1) is 6.10 Å². The predicted molar refractivity (Wildman–Crippen MR) is 100 cm³/mol. The number of ether oxygens (including phenoxy) is 1. The van der Waals surface area contributed by atoms with Crippen molar-refractivity contribution in [1.29, 1.82) is 0 Å². The highest BCUT2D eigenvalue weighted by atomic mass is 16.5. The van der Waals surface area contributed by atoms with Gasteiger partial charge in [-0.1, -0.05) is 31.6 Å². The molecular formula is C23H30O3. The normalized spacial score (nSPS) is 47.2. The van der Waals surface area contributed by atoms with Crippen LogP contribution in [-0.2, 0) is 9.53 Å². The first-order valence-corrected chi connectivity index (χ1v) is 10.4. The molecule has 0 bridgehead atoms. The van der Waals surface area contributed by atoms with E-state index in [4.69, 9.17) is 4.74 Å². The van der Waals surface area contributed by atoms with Crippen LogP contribution in [0.2, 0.25) is 0 Å². The van der Waals surface area contributed by atoms with Gasteiger partial charge in [-0.25, -0.2) is 4.79 Å². The molecule has 1 heterocycles. The van der Waals surface area contributed by atoms with Crippen molar-refractivity contribution in [3.05, 3.63) is 34.9 Å². The molecule has 0 aromatic heterocycles. The zero-order chi connectivity index (χ0) is 18.1. The number of allylic oxidation sites excluding steroid dienone is 3. The zero-order valence-corrected chi connectivity index (χ0v) is 16.0. The van der Waals surface area contributed by atoms with Crippen LogP contribution in [0.3, 0.4) is 0 Å². The monoisotopic (exact) mass is 354 g/mol. The Bertz CT molecular complexity index is 745. The van der Waals surface area contributed by atoms with Crippen LogP contribution >= 0.6 is 0 Å². The second-order valence-electron chi connectivity index (χ2n) is 9.77. The Labute approximate surface area is 156 Å². The number of hydrogen-bond acceptors (Lipinski definition) is 3. The third-order valence-corrected chi connectivity index (χ3v) is 8.69. The Balaban J connectivity index is 1.44. The summed E-state index contributed by atoms with van der Waals surface area (Å²) in [6.07, 6.45) is 14.4. The van der Waals surface area contributed by atoms with E-state index in [1.807, 2.05) is 0 Å². The van der Waals surface area contributed by atoms with Crippen LogP contribution in [0.4, 0.5) is 0 Å². The number of carbonyl (C=O) groups excluding carboxylic acids is 1. The van der Waals surface area contributed by atoms with E-state index in [-0.39, 0.29) is 17.5 Å². The number of aliphatic hydroxyl groups is 1. The number of carbonyl (C=O) groups is 1. The lowest BCUT2D eigenvalue weighted by Gasteiger charge is -2.59. The van der Waals surface area contributed by atoms with E-state index in [0.717, 1.165) is 24.3 Å². The molecule has 3 fully saturated rings. The molecular weight excluding hydrogens is 324 g/mol. The highest BCUT2D eigenvalue weighted by Gasteiger charge is 2.56. The molecule has 4 aliphatic carbocycles. The van der Waals surface area contributed by atoms with Gasteiger partial charge in [0.1, 0.15) is 6.61 Å². The molecule has 4 unspecified atom stereocenters. The number of hydrogen-bond donors (Lipinski definition) is 1. The lowest BCUT2D eigenvalue weighted by atomic mass is 9.46. The van der Waals surface area contributed by atoms with Gasteiger partial charge in [-0.15, -0.1) is 0 Å². The van der Waals surface area contributed by atoms with E-state index in [0.29, 0.717) is 23.9 Å². The summed E-state index contributed by atoms with van der Waals surface area (Å²) < 4.78 is 5.19. The fourth-order valence-electron chi connectivity index (χ4n) is 7.22. The molecule has 1 aliphatic heterocycles. The molecule has 0 aromatic carbocycles. The minimum Gasteiger partial charge on any atom is -0.458 e. The predicted octanol–water partition coefficient (Wildman–Crippen LogP) is 4.33. The van der Waals surface area contributed by atoms with Crippen molar-refractivity contribution in [1.82, 2.24) is 0 Å². The first kappa shape index (κ1) is 16.8. The van der Waals surface area contributed by atoms with Crippen LogP contribution in [0.5, 0.6) is 0 Å². The van der Waals surface area contributed by atoms with Crippen molar-refractivity contribution in [2.75, 3.05) is 6.61 Å². The van der Waals surface area contributed by atoms with Gasteiger partial charge < -0.3 is 9.84 Å². The molecule has 26 heavy (non-hydrogen) atoms. The fourth-order valence-corrected chi connectivity index (χ4v) is 7.22. The molecule has 5 rings (SSSR count). The topological polar surface area (TPSA) is 46.5 Å². The van der Waals surface area contributed by atoms with Gasteiger partial charge in [0.15, 0.2) is 0 Å². The number of esters is 1. The summed E-state index contributed by atoms with van der Waals surface area (Å²) in [5, 5.41) is 10.2. The molecule has 0 saturated heterocycles. The van der Waals surface area contributed by atoms with Crippen LogP contribution in [0, 0.1) is 28.6 Å². The Morgan fingerprint density at radius 2 is 1.96 bits per heavy atom. The van der Waals surface area contributed by atoms with Gasteiger partial charge >= 0.3 is 5.97 Å². The van der Waals surface area contributed by atoms with Crippen LogP contribution < -0.4 is 0 Å². The van der Waals surface area contributed by atoms with Gasteiger partial charge in [0.2, 0.25) is 0 Å². The molecule has 140 valence electrons. The van der Waals surface area contributed by atoms with E-state index in [1.54, 1.807) is 11.6 Å². The Morgan fingerprint density at radius 3 is 2.73 bits per heavy atom. The lowest BCUT2D eigenvalue weighted by molar-refractivity contribution is -0.134. The second-order valence-corrected chi connectivity index (χ2v) is 9.77. The van der Waals surface area contributed by atoms with Gasteiger partial charge in [-0.3, -0.25) is 0 Å². The van der Waals surface area contributed by atoms with Gasteiger partial charge in [0.25, 0.3) is 0 Å². The van der Waals surface area contributed by atoms with Crippen molar-refractivity contribution >= 4 is 5.97 Å². The highest BCUT2D eigenvalue weighted by molar-refractivity contribution is 5.87. The second kappa shape index (κ2) is 5.58. The molecule has 6 atom stereocenters. The van der Waals surface area contributed by atoms with Gasteiger partial charge in [0, 0.05) is 17.1 Å². The molecule has 5 aliphatic rings. The van der Waals surface area contributed by atoms with Crippen LogP contribution in [0.1, 0.15) is 58.8 Å². The number of aliphatic hydroxyl groups excluding tert-OH is 1. The zero-order valence-electron chi connectivity index (χ0n) is 16.0. The van der Waals surface area contributed by atoms with Crippen molar-refractivity contribution < 1.29 is 14.6 Å². The Kier molecular flexibility index (Phi) is 3.60. The van der Waals surface area contributed by atoms with Gasteiger partial charge in [-0.05, 0) is 73.7 Å². The fraction of sp³-hybridized carbons (Fsp3) is 0.696. The largest absolute Gasteiger partial charge is 0.458 e. The summed E-state index contributed by atoms with van der Waals surface area (Å²) in [6, 6.07) is 0. The van der Waals surface area contributed by atoms with E-state index >= 15 is 0 Å². The maximum atomic E-state index is 11.6. The number of fused-ring (bicyclic) bond motifs is 5. The molecule has 0 radical (unpaired) electrons. The summed E-state index contributed by atoms with van der Waals surface area (Å²) in [5.74, 6) is 1.91.